The molecule has 1 aromatic heterocycles. The van der Waals surface area contributed by atoms with Crippen molar-refractivity contribution >= 4 is 20.8 Å². The number of benzene rings is 2. The van der Waals surface area contributed by atoms with Gasteiger partial charge in [0.2, 0.25) is 10.0 Å². The van der Waals surface area contributed by atoms with Crippen molar-refractivity contribution in [1.82, 2.24) is 4.72 Å². The monoisotopic (exact) mass is 345 g/mol. The van der Waals surface area contributed by atoms with E-state index in [-0.39, 0.29) is 4.90 Å². The van der Waals surface area contributed by atoms with Crippen LogP contribution in [0.15, 0.2) is 64.1 Å². The Bertz CT molecular complexity index is 917. The molecule has 0 radical (unpaired) electrons. The van der Waals surface area contributed by atoms with E-state index in [4.69, 9.17) is 9.15 Å². The highest BCUT2D eigenvalue weighted by molar-refractivity contribution is 7.89. The van der Waals surface area contributed by atoms with Crippen molar-refractivity contribution in [2.45, 2.75) is 17.7 Å². The van der Waals surface area contributed by atoms with Crippen LogP contribution in [-0.2, 0) is 16.4 Å². The lowest BCUT2D eigenvalue weighted by Crippen LogP contribution is -2.25. The largest absolute Gasteiger partial charge is 0.497 e. The van der Waals surface area contributed by atoms with Crippen LogP contribution in [0.25, 0.3) is 10.8 Å². The fraction of sp³-hybridized carbons (Fsp3) is 0.222. The molecule has 24 heavy (non-hydrogen) atoms. The number of hydrogen-bond acceptors (Lipinski definition) is 4. The molecule has 6 heteroatoms. The number of methoxy groups -OCH3 is 1. The molecule has 0 saturated heterocycles. The molecular weight excluding hydrogens is 326 g/mol. The minimum Gasteiger partial charge on any atom is -0.497 e. The molecule has 0 spiro atoms. The van der Waals surface area contributed by atoms with Crippen molar-refractivity contribution in [1.29, 1.82) is 0 Å². The number of furan rings is 1. The van der Waals surface area contributed by atoms with Gasteiger partial charge in [-0.3, -0.25) is 0 Å². The van der Waals surface area contributed by atoms with Crippen molar-refractivity contribution in [2.75, 3.05) is 13.7 Å². The van der Waals surface area contributed by atoms with Gasteiger partial charge in [0.05, 0.1) is 18.3 Å². The van der Waals surface area contributed by atoms with Gasteiger partial charge in [-0.2, -0.15) is 0 Å². The Hall–Kier alpha value is -2.31. The van der Waals surface area contributed by atoms with E-state index in [0.717, 1.165) is 22.3 Å². The summed E-state index contributed by atoms with van der Waals surface area (Å²) in [5.41, 5.74) is 0. The van der Waals surface area contributed by atoms with Gasteiger partial charge in [-0.15, -0.1) is 0 Å². The molecule has 0 saturated carbocycles. The normalized spacial score (nSPS) is 11.7. The minimum absolute atomic E-state index is 0.262. The summed E-state index contributed by atoms with van der Waals surface area (Å²) in [6.45, 7) is 0.365. The fourth-order valence-corrected chi connectivity index (χ4v) is 3.61. The van der Waals surface area contributed by atoms with Crippen LogP contribution in [0, 0.1) is 0 Å². The van der Waals surface area contributed by atoms with Crippen LogP contribution in [0.3, 0.4) is 0 Å². The van der Waals surface area contributed by atoms with Crippen molar-refractivity contribution in [3.05, 3.63) is 60.6 Å². The van der Waals surface area contributed by atoms with Crippen LogP contribution in [0.2, 0.25) is 0 Å². The lowest BCUT2D eigenvalue weighted by atomic mass is 10.1. The van der Waals surface area contributed by atoms with Crippen LogP contribution in [-0.4, -0.2) is 22.1 Å². The minimum atomic E-state index is -3.52. The summed E-state index contributed by atoms with van der Waals surface area (Å²) in [5.74, 6) is 1.60. The van der Waals surface area contributed by atoms with E-state index in [1.807, 2.05) is 30.3 Å². The summed E-state index contributed by atoms with van der Waals surface area (Å²) in [7, 11) is -1.92. The van der Waals surface area contributed by atoms with Gasteiger partial charge in [0.25, 0.3) is 0 Å². The molecule has 0 atom stereocenters. The summed E-state index contributed by atoms with van der Waals surface area (Å²) in [5, 5.41) is 1.79. The molecule has 0 bridgehead atoms. The SMILES string of the molecule is COc1ccc2cc(S(=O)(=O)NCCCc3ccco3)ccc2c1. The van der Waals surface area contributed by atoms with E-state index in [1.54, 1.807) is 31.6 Å². The van der Waals surface area contributed by atoms with E-state index in [0.29, 0.717) is 19.4 Å². The van der Waals surface area contributed by atoms with Crippen molar-refractivity contribution in [3.63, 3.8) is 0 Å². The van der Waals surface area contributed by atoms with Gasteiger partial charge in [0.1, 0.15) is 11.5 Å². The van der Waals surface area contributed by atoms with Gasteiger partial charge in [0, 0.05) is 13.0 Å². The predicted molar refractivity (Wildman–Crippen MR) is 92.7 cm³/mol. The third kappa shape index (κ3) is 3.77. The van der Waals surface area contributed by atoms with Crippen molar-refractivity contribution in [3.8, 4) is 5.75 Å². The molecule has 0 fully saturated rings. The second-order valence-electron chi connectivity index (χ2n) is 5.46. The van der Waals surface area contributed by atoms with Gasteiger partial charge >= 0.3 is 0 Å². The Morgan fingerprint density at radius 2 is 1.88 bits per heavy atom. The standard InChI is InChI=1S/C18H19NO4S/c1-22-17-8-6-15-13-18(9-7-14(15)12-17)24(20,21)19-10-2-4-16-5-3-11-23-16/h3,5-9,11-13,19H,2,4,10H2,1H3. The highest BCUT2D eigenvalue weighted by Crippen LogP contribution is 2.23. The topological polar surface area (TPSA) is 68.5 Å². The van der Waals surface area contributed by atoms with Crippen LogP contribution in [0.4, 0.5) is 0 Å². The van der Waals surface area contributed by atoms with Gasteiger partial charge in [-0.05, 0) is 53.6 Å². The summed E-state index contributed by atoms with van der Waals surface area (Å²) < 4.78 is 37.8. The Kier molecular flexibility index (Phi) is 4.87. The average molecular weight is 345 g/mol. The first kappa shape index (κ1) is 16.5. The molecular formula is C18H19NO4S. The summed E-state index contributed by atoms with van der Waals surface area (Å²) in [6, 6.07) is 14.3. The fourth-order valence-electron chi connectivity index (χ4n) is 2.50. The van der Waals surface area contributed by atoms with E-state index >= 15 is 0 Å². The molecule has 1 heterocycles. The van der Waals surface area contributed by atoms with Gasteiger partial charge in [-0.1, -0.05) is 12.1 Å². The first-order valence-corrected chi connectivity index (χ1v) is 9.17. The Labute approximate surface area is 141 Å². The molecule has 126 valence electrons. The maximum atomic E-state index is 12.4. The van der Waals surface area contributed by atoms with E-state index in [2.05, 4.69) is 4.72 Å². The zero-order valence-electron chi connectivity index (χ0n) is 13.4. The zero-order chi connectivity index (χ0) is 17.0. The maximum Gasteiger partial charge on any atom is 0.240 e. The number of ether oxygens (including phenoxy) is 1. The number of fused-ring (bicyclic) bond motifs is 1. The molecule has 1 N–H and O–H groups in total. The summed E-state index contributed by atoms with van der Waals surface area (Å²) >= 11 is 0. The van der Waals surface area contributed by atoms with Gasteiger partial charge in [-0.25, -0.2) is 13.1 Å². The average Bonchev–Trinajstić information content (AvgIpc) is 3.11. The third-order valence-electron chi connectivity index (χ3n) is 3.80. The quantitative estimate of drug-likeness (QED) is 0.667. The molecule has 0 aliphatic rings. The van der Waals surface area contributed by atoms with Gasteiger partial charge in [0.15, 0.2) is 0 Å². The Morgan fingerprint density at radius 3 is 2.62 bits per heavy atom. The highest BCUT2D eigenvalue weighted by Gasteiger charge is 2.14. The van der Waals surface area contributed by atoms with Crippen LogP contribution in [0.1, 0.15) is 12.2 Å². The van der Waals surface area contributed by atoms with E-state index in [1.165, 1.54) is 0 Å². The predicted octanol–water partition coefficient (Wildman–Crippen LogP) is 3.35. The first-order valence-electron chi connectivity index (χ1n) is 7.68. The van der Waals surface area contributed by atoms with E-state index in [9.17, 15) is 8.42 Å². The zero-order valence-corrected chi connectivity index (χ0v) is 14.2. The van der Waals surface area contributed by atoms with Crippen LogP contribution < -0.4 is 9.46 Å². The second-order valence-corrected chi connectivity index (χ2v) is 7.22. The number of rotatable bonds is 7. The van der Waals surface area contributed by atoms with Crippen molar-refractivity contribution < 1.29 is 17.6 Å². The lowest BCUT2D eigenvalue weighted by Gasteiger charge is -2.08. The third-order valence-corrected chi connectivity index (χ3v) is 5.26. The molecule has 0 aliphatic heterocycles. The van der Waals surface area contributed by atoms with Crippen LogP contribution in [0.5, 0.6) is 5.75 Å². The molecule has 2 aromatic carbocycles. The number of nitrogens with one attached hydrogen (secondary N) is 1. The molecule has 0 aliphatic carbocycles. The summed E-state index contributed by atoms with van der Waals surface area (Å²) in [6.07, 6.45) is 2.99. The van der Waals surface area contributed by atoms with Crippen molar-refractivity contribution in [2.24, 2.45) is 0 Å². The molecule has 3 rings (SSSR count). The van der Waals surface area contributed by atoms with Crippen LogP contribution >= 0.6 is 0 Å². The summed E-state index contributed by atoms with van der Waals surface area (Å²) in [4.78, 5) is 0.262. The van der Waals surface area contributed by atoms with Gasteiger partial charge < -0.3 is 9.15 Å². The highest BCUT2D eigenvalue weighted by atomic mass is 32.2. The molecule has 3 aromatic rings. The first-order chi connectivity index (χ1) is 11.6. The maximum absolute atomic E-state index is 12.4. The van der Waals surface area contributed by atoms with E-state index < -0.39 is 10.0 Å². The Morgan fingerprint density at radius 1 is 1.08 bits per heavy atom. The smallest absolute Gasteiger partial charge is 0.240 e. The number of hydrogen-bond donors (Lipinski definition) is 1. The molecule has 5 nitrogen and oxygen atoms in total. The lowest BCUT2D eigenvalue weighted by molar-refractivity contribution is 0.415. The number of aryl methyl sites for hydroxylation is 1. The second kappa shape index (κ2) is 7.07. The molecule has 0 amide bonds. The molecule has 0 unspecified atom stereocenters. The number of sulfonamides is 1. The Balaban J connectivity index is 1.68.